The number of hydrogen-bond donors (Lipinski definition) is 1. The summed E-state index contributed by atoms with van der Waals surface area (Å²) >= 11 is 0. The topological polar surface area (TPSA) is 68.0 Å². The summed E-state index contributed by atoms with van der Waals surface area (Å²) in [7, 11) is 1.75. The summed E-state index contributed by atoms with van der Waals surface area (Å²) in [4.78, 5) is 14.2. The molecule has 0 spiro atoms. The van der Waals surface area contributed by atoms with Crippen molar-refractivity contribution in [2.45, 2.75) is 25.4 Å². The van der Waals surface area contributed by atoms with E-state index in [4.69, 9.17) is 0 Å². The van der Waals surface area contributed by atoms with Gasteiger partial charge in [0, 0.05) is 19.9 Å². The van der Waals surface area contributed by atoms with Gasteiger partial charge >= 0.3 is 0 Å². The molecule has 13 heavy (non-hydrogen) atoms. The van der Waals surface area contributed by atoms with Crippen molar-refractivity contribution in [2.24, 2.45) is 7.05 Å². The van der Waals surface area contributed by atoms with Crippen molar-refractivity contribution in [3.8, 4) is 0 Å². The predicted octanol–water partition coefficient (Wildman–Crippen LogP) is -0.302. The van der Waals surface area contributed by atoms with Crippen LogP contribution in [-0.2, 0) is 18.3 Å². The molecule has 5 nitrogen and oxygen atoms in total. The summed E-state index contributed by atoms with van der Waals surface area (Å²) in [5.74, 6) is 0.673. The van der Waals surface area contributed by atoms with Crippen molar-refractivity contribution in [1.29, 1.82) is 0 Å². The van der Waals surface area contributed by atoms with Crippen LogP contribution in [0.3, 0.4) is 0 Å². The van der Waals surface area contributed by atoms with Gasteiger partial charge in [0.25, 0.3) is 0 Å². The van der Waals surface area contributed by atoms with E-state index in [1.54, 1.807) is 18.7 Å². The summed E-state index contributed by atoms with van der Waals surface area (Å²) in [6.07, 6.45) is 2.57. The molecule has 1 aromatic rings. The van der Waals surface area contributed by atoms with E-state index in [2.05, 4.69) is 10.1 Å². The number of nitrogens with zero attached hydrogens (tertiary/aromatic N) is 3. The number of aliphatic hydroxyl groups is 1. The van der Waals surface area contributed by atoms with Gasteiger partial charge in [0.2, 0.25) is 0 Å². The first kappa shape index (κ1) is 9.85. The lowest BCUT2D eigenvalue weighted by Gasteiger charge is -2.19. The Bertz CT molecular complexity index is 293. The van der Waals surface area contributed by atoms with Crippen LogP contribution in [0.2, 0.25) is 0 Å². The van der Waals surface area contributed by atoms with E-state index in [0.717, 1.165) is 0 Å². The predicted molar refractivity (Wildman–Crippen MR) is 46.0 cm³/mol. The van der Waals surface area contributed by atoms with Gasteiger partial charge in [-0.2, -0.15) is 5.10 Å². The van der Waals surface area contributed by atoms with Gasteiger partial charge in [-0.05, 0) is 6.92 Å². The summed E-state index contributed by atoms with van der Waals surface area (Å²) in [5.41, 5.74) is -1.03. The van der Waals surface area contributed by atoms with Crippen LogP contribution in [0, 0.1) is 0 Å². The minimum absolute atomic E-state index is 0.111. The van der Waals surface area contributed by atoms with E-state index in [0.29, 0.717) is 18.5 Å². The lowest BCUT2D eigenvalue weighted by atomic mass is 9.99. The number of aldehydes is 1. The highest BCUT2D eigenvalue weighted by Crippen LogP contribution is 2.13. The third kappa shape index (κ3) is 2.62. The molecule has 72 valence electrons. The van der Waals surface area contributed by atoms with Crippen molar-refractivity contribution in [3.63, 3.8) is 0 Å². The molecule has 1 atom stereocenters. The average Bonchev–Trinajstić information content (AvgIpc) is 2.35. The van der Waals surface area contributed by atoms with Crippen LogP contribution in [0.4, 0.5) is 0 Å². The van der Waals surface area contributed by atoms with Gasteiger partial charge in [0.15, 0.2) is 0 Å². The fourth-order valence-corrected chi connectivity index (χ4v) is 1.07. The Kier molecular flexibility index (Phi) is 2.77. The molecular formula is C8H13N3O2. The van der Waals surface area contributed by atoms with Crippen molar-refractivity contribution in [1.82, 2.24) is 14.8 Å². The maximum Gasteiger partial charge on any atom is 0.138 e. The number of aryl methyl sites for hydroxylation is 1. The summed E-state index contributed by atoms with van der Waals surface area (Å²) in [5, 5.41) is 13.6. The molecule has 0 aliphatic carbocycles. The zero-order valence-electron chi connectivity index (χ0n) is 7.77. The first-order valence-corrected chi connectivity index (χ1v) is 4.04. The van der Waals surface area contributed by atoms with Crippen LogP contribution in [0.5, 0.6) is 0 Å². The highest BCUT2D eigenvalue weighted by Gasteiger charge is 2.22. The number of aromatic nitrogens is 3. The van der Waals surface area contributed by atoms with Gasteiger partial charge < -0.3 is 9.90 Å². The zero-order valence-corrected chi connectivity index (χ0v) is 7.77. The van der Waals surface area contributed by atoms with E-state index in [1.807, 2.05) is 0 Å². The molecule has 0 fully saturated rings. The smallest absolute Gasteiger partial charge is 0.138 e. The third-order valence-corrected chi connectivity index (χ3v) is 1.87. The Morgan fingerprint density at radius 2 is 2.46 bits per heavy atom. The summed E-state index contributed by atoms with van der Waals surface area (Å²) in [6, 6.07) is 0. The SMILES string of the molecule is Cn1ncnc1CC(C)(O)CC=O. The zero-order chi connectivity index (χ0) is 9.90. The largest absolute Gasteiger partial charge is 0.389 e. The lowest BCUT2D eigenvalue weighted by molar-refractivity contribution is -0.111. The molecule has 1 rings (SSSR count). The third-order valence-electron chi connectivity index (χ3n) is 1.87. The fraction of sp³-hybridized carbons (Fsp3) is 0.625. The fourth-order valence-electron chi connectivity index (χ4n) is 1.07. The van der Waals surface area contributed by atoms with Gasteiger partial charge in [0.05, 0.1) is 5.60 Å². The van der Waals surface area contributed by atoms with Crippen molar-refractivity contribution in [3.05, 3.63) is 12.2 Å². The number of rotatable bonds is 4. The van der Waals surface area contributed by atoms with E-state index in [9.17, 15) is 9.90 Å². The van der Waals surface area contributed by atoms with Crippen LogP contribution in [0.1, 0.15) is 19.2 Å². The average molecular weight is 183 g/mol. The molecule has 1 N–H and O–H groups in total. The van der Waals surface area contributed by atoms with Crippen LogP contribution in [-0.4, -0.2) is 31.8 Å². The molecule has 0 radical (unpaired) electrons. The first-order valence-electron chi connectivity index (χ1n) is 4.04. The summed E-state index contributed by atoms with van der Waals surface area (Å²) < 4.78 is 1.58. The first-order chi connectivity index (χ1) is 6.05. The van der Waals surface area contributed by atoms with Gasteiger partial charge in [0.1, 0.15) is 18.4 Å². The van der Waals surface area contributed by atoms with Crippen LogP contribution in [0.15, 0.2) is 6.33 Å². The number of carbonyl (C=O) groups is 1. The molecule has 0 saturated heterocycles. The molecule has 1 unspecified atom stereocenters. The highest BCUT2D eigenvalue weighted by molar-refractivity contribution is 5.51. The Labute approximate surface area is 76.4 Å². The Morgan fingerprint density at radius 1 is 1.77 bits per heavy atom. The Balaban J connectivity index is 2.68. The van der Waals surface area contributed by atoms with E-state index < -0.39 is 5.60 Å². The molecule has 1 aromatic heterocycles. The summed E-state index contributed by atoms with van der Waals surface area (Å²) in [6.45, 7) is 1.61. The monoisotopic (exact) mass is 183 g/mol. The molecule has 0 saturated carbocycles. The number of hydrogen-bond acceptors (Lipinski definition) is 4. The molecule has 0 amide bonds. The minimum atomic E-state index is -1.03. The van der Waals surface area contributed by atoms with Gasteiger partial charge in [-0.25, -0.2) is 4.98 Å². The van der Waals surface area contributed by atoms with E-state index >= 15 is 0 Å². The molecule has 5 heteroatoms. The second-order valence-corrected chi connectivity index (χ2v) is 3.34. The van der Waals surface area contributed by atoms with E-state index in [-0.39, 0.29) is 6.42 Å². The lowest BCUT2D eigenvalue weighted by Crippen LogP contribution is -2.29. The number of carbonyl (C=O) groups excluding carboxylic acids is 1. The maximum absolute atomic E-state index is 10.2. The van der Waals surface area contributed by atoms with E-state index in [1.165, 1.54) is 6.33 Å². The second kappa shape index (κ2) is 3.66. The molecule has 0 aliphatic rings. The van der Waals surface area contributed by atoms with Crippen LogP contribution >= 0.6 is 0 Å². The van der Waals surface area contributed by atoms with Crippen LogP contribution in [0.25, 0.3) is 0 Å². The molecule has 1 heterocycles. The van der Waals surface area contributed by atoms with Crippen molar-refractivity contribution >= 4 is 6.29 Å². The quantitative estimate of drug-likeness (QED) is 0.650. The van der Waals surface area contributed by atoms with Gasteiger partial charge in [-0.1, -0.05) is 0 Å². The molecule has 0 aliphatic heterocycles. The van der Waals surface area contributed by atoms with Crippen molar-refractivity contribution in [2.75, 3.05) is 0 Å². The molecular weight excluding hydrogens is 170 g/mol. The normalized spacial score (nSPS) is 15.3. The van der Waals surface area contributed by atoms with Gasteiger partial charge in [-0.15, -0.1) is 0 Å². The second-order valence-electron chi connectivity index (χ2n) is 3.34. The highest BCUT2D eigenvalue weighted by atomic mass is 16.3. The molecule has 0 aromatic carbocycles. The molecule has 0 bridgehead atoms. The maximum atomic E-state index is 10.2. The Hall–Kier alpha value is -1.23. The standard InChI is InChI=1S/C8H13N3O2/c1-8(13,3-4-12)5-7-9-6-10-11(7)2/h4,6,13H,3,5H2,1-2H3. The van der Waals surface area contributed by atoms with Crippen LogP contribution < -0.4 is 0 Å². The van der Waals surface area contributed by atoms with Crippen molar-refractivity contribution < 1.29 is 9.90 Å². The van der Waals surface area contributed by atoms with Gasteiger partial charge in [-0.3, -0.25) is 4.68 Å². The minimum Gasteiger partial charge on any atom is -0.389 e. The Morgan fingerprint density at radius 3 is 2.92 bits per heavy atom.